The van der Waals surface area contributed by atoms with Crippen LogP contribution in [0.1, 0.15) is 36.2 Å². The van der Waals surface area contributed by atoms with Crippen molar-refractivity contribution in [3.05, 3.63) is 52.2 Å². The number of nitrogens with two attached hydrogens (primary N) is 1. The van der Waals surface area contributed by atoms with E-state index in [9.17, 15) is 9.59 Å². The summed E-state index contributed by atoms with van der Waals surface area (Å²) in [6.07, 6.45) is 1.88. The van der Waals surface area contributed by atoms with Crippen LogP contribution >= 0.6 is 11.3 Å². The van der Waals surface area contributed by atoms with Gasteiger partial charge in [0.1, 0.15) is 0 Å². The average Bonchev–Trinajstić information content (AvgIpc) is 3.36. The van der Waals surface area contributed by atoms with Crippen LogP contribution in [0.2, 0.25) is 0 Å². The van der Waals surface area contributed by atoms with Crippen LogP contribution in [0.3, 0.4) is 0 Å². The van der Waals surface area contributed by atoms with E-state index in [4.69, 9.17) is 10.6 Å². The Hall–Kier alpha value is -2.87. The first-order valence-electron chi connectivity index (χ1n) is 8.72. The maximum Gasteiger partial charge on any atom is 0.261 e. The third-order valence-corrected chi connectivity index (χ3v) is 5.14. The number of rotatable bonds is 8. The second-order valence-corrected chi connectivity index (χ2v) is 7.38. The normalized spacial score (nSPS) is 15.1. The van der Waals surface area contributed by atoms with Crippen LogP contribution in [0, 0.1) is 5.92 Å². The fraction of sp³-hybridized carbons (Fsp3) is 0.316. The van der Waals surface area contributed by atoms with Crippen molar-refractivity contribution >= 4 is 34.7 Å². The number of carbonyl (C=O) groups is 2. The minimum Gasteiger partial charge on any atom is -0.384 e. The number of thiophene rings is 1. The highest BCUT2D eigenvalue weighted by Crippen LogP contribution is 2.30. The Labute approximate surface area is 161 Å². The molecule has 0 aliphatic heterocycles. The van der Waals surface area contributed by atoms with E-state index in [0.29, 0.717) is 11.3 Å². The molecule has 8 heteroatoms. The monoisotopic (exact) mass is 386 g/mol. The van der Waals surface area contributed by atoms with Crippen molar-refractivity contribution in [2.75, 3.05) is 11.9 Å². The zero-order valence-electron chi connectivity index (χ0n) is 15.0. The Morgan fingerprint density at radius 1 is 1.33 bits per heavy atom. The molecule has 0 radical (unpaired) electrons. The van der Waals surface area contributed by atoms with E-state index in [1.54, 1.807) is 35.6 Å². The van der Waals surface area contributed by atoms with Crippen LogP contribution in [0.5, 0.6) is 0 Å². The molecule has 3 rings (SSSR count). The maximum absolute atomic E-state index is 11.9. The average molecular weight is 386 g/mol. The van der Waals surface area contributed by atoms with Gasteiger partial charge in [-0.3, -0.25) is 9.59 Å². The standard InChI is InChI=1S/C19H22N4O3S/c1-12(16-6-3-9-27-16)21-17(24)11-26-23-18(20)14-4-2-5-15(10-14)22-19(25)13-7-8-13/h2-6,9-10,12-13H,7-8,11H2,1H3,(H2,20,23)(H,21,24)(H,22,25). The van der Waals surface area contributed by atoms with Crippen molar-refractivity contribution in [3.63, 3.8) is 0 Å². The van der Waals surface area contributed by atoms with E-state index >= 15 is 0 Å². The van der Waals surface area contributed by atoms with Crippen LogP contribution in [-0.2, 0) is 14.4 Å². The molecule has 1 heterocycles. The van der Waals surface area contributed by atoms with E-state index in [-0.39, 0.29) is 36.2 Å². The highest BCUT2D eigenvalue weighted by molar-refractivity contribution is 7.10. The Morgan fingerprint density at radius 2 is 2.15 bits per heavy atom. The van der Waals surface area contributed by atoms with Gasteiger partial charge in [0, 0.05) is 22.0 Å². The van der Waals surface area contributed by atoms with Gasteiger partial charge < -0.3 is 21.2 Å². The predicted molar refractivity (Wildman–Crippen MR) is 105 cm³/mol. The van der Waals surface area contributed by atoms with Crippen LogP contribution in [0.25, 0.3) is 0 Å². The summed E-state index contributed by atoms with van der Waals surface area (Å²) in [5.41, 5.74) is 7.18. The molecule has 1 saturated carbocycles. The first kappa shape index (κ1) is 18.9. The minimum atomic E-state index is -0.280. The number of oxime groups is 1. The Bertz CT molecular complexity index is 831. The highest BCUT2D eigenvalue weighted by Gasteiger charge is 2.29. The lowest BCUT2D eigenvalue weighted by molar-refractivity contribution is -0.126. The second-order valence-electron chi connectivity index (χ2n) is 6.40. The quantitative estimate of drug-likeness (QED) is 0.368. The van der Waals surface area contributed by atoms with E-state index in [0.717, 1.165) is 17.7 Å². The third-order valence-electron chi connectivity index (χ3n) is 4.08. The van der Waals surface area contributed by atoms with Crippen LogP contribution in [-0.4, -0.2) is 24.3 Å². The summed E-state index contributed by atoms with van der Waals surface area (Å²) in [5.74, 6) is 0.00282. The van der Waals surface area contributed by atoms with Crippen molar-refractivity contribution in [2.24, 2.45) is 16.8 Å². The van der Waals surface area contributed by atoms with Gasteiger partial charge >= 0.3 is 0 Å². The molecule has 1 aromatic heterocycles. The highest BCUT2D eigenvalue weighted by atomic mass is 32.1. The van der Waals surface area contributed by atoms with Crippen molar-refractivity contribution in [1.29, 1.82) is 0 Å². The summed E-state index contributed by atoms with van der Waals surface area (Å²) in [4.78, 5) is 29.9. The zero-order chi connectivity index (χ0) is 19.2. The van der Waals surface area contributed by atoms with Gasteiger partial charge in [0.25, 0.3) is 5.91 Å². The lowest BCUT2D eigenvalue weighted by atomic mass is 10.2. The fourth-order valence-electron chi connectivity index (χ4n) is 2.45. The van der Waals surface area contributed by atoms with Gasteiger partial charge in [0.15, 0.2) is 12.4 Å². The fourth-order valence-corrected chi connectivity index (χ4v) is 3.19. The summed E-state index contributed by atoms with van der Waals surface area (Å²) >= 11 is 1.58. The summed E-state index contributed by atoms with van der Waals surface area (Å²) in [5, 5.41) is 11.4. The Balaban J connectivity index is 1.49. The van der Waals surface area contributed by atoms with Crippen molar-refractivity contribution in [3.8, 4) is 0 Å². The molecule has 27 heavy (non-hydrogen) atoms. The van der Waals surface area contributed by atoms with E-state index in [1.807, 2.05) is 24.4 Å². The van der Waals surface area contributed by atoms with Gasteiger partial charge in [0.2, 0.25) is 5.91 Å². The molecule has 7 nitrogen and oxygen atoms in total. The lowest BCUT2D eigenvalue weighted by Crippen LogP contribution is -2.29. The second kappa shape index (κ2) is 8.68. The number of carbonyl (C=O) groups excluding carboxylic acids is 2. The van der Waals surface area contributed by atoms with Gasteiger partial charge in [-0.1, -0.05) is 23.4 Å². The van der Waals surface area contributed by atoms with Crippen LogP contribution < -0.4 is 16.4 Å². The first-order chi connectivity index (χ1) is 13.0. The number of anilines is 1. The maximum atomic E-state index is 11.9. The van der Waals surface area contributed by atoms with Gasteiger partial charge in [-0.2, -0.15) is 0 Å². The van der Waals surface area contributed by atoms with Gasteiger partial charge in [-0.25, -0.2) is 0 Å². The third kappa shape index (κ3) is 5.55. The lowest BCUT2D eigenvalue weighted by Gasteiger charge is -2.11. The molecule has 2 amide bonds. The number of hydrogen-bond donors (Lipinski definition) is 3. The molecule has 1 fully saturated rings. The Morgan fingerprint density at radius 3 is 2.85 bits per heavy atom. The smallest absolute Gasteiger partial charge is 0.261 e. The number of benzene rings is 1. The molecule has 1 aliphatic carbocycles. The van der Waals surface area contributed by atoms with Crippen LogP contribution in [0.4, 0.5) is 5.69 Å². The van der Waals surface area contributed by atoms with Crippen molar-refractivity contribution < 1.29 is 14.4 Å². The molecular weight excluding hydrogens is 364 g/mol. The number of amides is 2. The van der Waals surface area contributed by atoms with Gasteiger partial charge in [-0.15, -0.1) is 11.3 Å². The van der Waals surface area contributed by atoms with Crippen molar-refractivity contribution in [1.82, 2.24) is 5.32 Å². The van der Waals surface area contributed by atoms with Gasteiger partial charge in [0.05, 0.1) is 6.04 Å². The first-order valence-corrected chi connectivity index (χ1v) is 9.60. The summed E-state index contributed by atoms with van der Waals surface area (Å²) in [7, 11) is 0. The topological polar surface area (TPSA) is 106 Å². The van der Waals surface area contributed by atoms with Gasteiger partial charge in [-0.05, 0) is 43.3 Å². The van der Waals surface area contributed by atoms with Crippen LogP contribution in [0.15, 0.2) is 46.9 Å². The van der Waals surface area contributed by atoms with Crippen molar-refractivity contribution in [2.45, 2.75) is 25.8 Å². The molecule has 4 N–H and O–H groups in total. The molecule has 1 aliphatic rings. The van der Waals surface area contributed by atoms with E-state index in [1.165, 1.54) is 0 Å². The molecule has 142 valence electrons. The molecule has 0 saturated heterocycles. The summed E-state index contributed by atoms with van der Waals surface area (Å²) in [6.45, 7) is 1.68. The molecule has 2 aromatic rings. The summed E-state index contributed by atoms with van der Waals surface area (Å²) in [6, 6.07) is 10.9. The number of nitrogens with one attached hydrogen (secondary N) is 2. The summed E-state index contributed by atoms with van der Waals surface area (Å²) < 4.78 is 0. The zero-order valence-corrected chi connectivity index (χ0v) is 15.8. The van der Waals surface area contributed by atoms with E-state index in [2.05, 4.69) is 15.8 Å². The molecule has 0 spiro atoms. The molecule has 1 unspecified atom stereocenters. The number of hydrogen-bond acceptors (Lipinski definition) is 5. The largest absolute Gasteiger partial charge is 0.384 e. The Kier molecular flexibility index (Phi) is 6.08. The van der Waals surface area contributed by atoms with E-state index < -0.39 is 0 Å². The number of nitrogens with zero attached hydrogens (tertiary/aromatic N) is 1. The molecule has 1 aromatic carbocycles. The minimum absolute atomic E-state index is 0.0236. The predicted octanol–water partition coefficient (Wildman–Crippen LogP) is 2.61. The molecule has 1 atom stereocenters. The molecule has 0 bridgehead atoms. The SMILES string of the molecule is CC(NC(=O)CO/N=C(/N)c1cccc(NC(=O)C2CC2)c1)c1cccs1. The number of amidine groups is 1. The molecular formula is C19H22N4O3S.